The average Bonchev–Trinajstić information content (AvgIpc) is 2.55. The molecule has 2 rings (SSSR count). The summed E-state index contributed by atoms with van der Waals surface area (Å²) in [5, 5.41) is 14.2. The van der Waals surface area contributed by atoms with Crippen LogP contribution in [0.3, 0.4) is 0 Å². The van der Waals surface area contributed by atoms with Crippen molar-refractivity contribution in [2.24, 2.45) is 0 Å². The Morgan fingerprint density at radius 3 is 2.91 bits per heavy atom. The zero-order valence-corrected chi connectivity index (χ0v) is 7.15. The summed E-state index contributed by atoms with van der Waals surface area (Å²) >= 11 is 2.93. The van der Waals surface area contributed by atoms with Crippen LogP contribution in [0, 0.1) is 0 Å². The SMILES string of the molecule is Oc1cnc(-c2ccsc2)s1. The molecule has 0 aromatic carbocycles. The number of nitrogens with zero attached hydrogens (tertiary/aromatic N) is 1. The normalized spacial score (nSPS) is 10.2. The van der Waals surface area contributed by atoms with Crippen molar-refractivity contribution in [2.45, 2.75) is 0 Å². The van der Waals surface area contributed by atoms with Gasteiger partial charge in [0.15, 0.2) is 5.06 Å². The van der Waals surface area contributed by atoms with Gasteiger partial charge >= 0.3 is 0 Å². The lowest BCUT2D eigenvalue weighted by molar-refractivity contribution is 0.489. The maximum absolute atomic E-state index is 9.01. The van der Waals surface area contributed by atoms with Crippen molar-refractivity contribution in [3.8, 4) is 15.6 Å². The highest BCUT2D eigenvalue weighted by molar-refractivity contribution is 7.17. The fourth-order valence-corrected chi connectivity index (χ4v) is 2.15. The second-order valence-electron chi connectivity index (χ2n) is 2.02. The van der Waals surface area contributed by atoms with Gasteiger partial charge in [-0.1, -0.05) is 11.3 Å². The monoisotopic (exact) mass is 183 g/mol. The van der Waals surface area contributed by atoms with Crippen LogP contribution in [-0.2, 0) is 0 Å². The third-order valence-electron chi connectivity index (χ3n) is 1.26. The van der Waals surface area contributed by atoms with Crippen LogP contribution in [0.25, 0.3) is 10.6 Å². The predicted molar refractivity (Wildman–Crippen MR) is 47.1 cm³/mol. The van der Waals surface area contributed by atoms with Gasteiger partial charge in [0.05, 0.1) is 6.20 Å². The van der Waals surface area contributed by atoms with E-state index in [4.69, 9.17) is 5.11 Å². The van der Waals surface area contributed by atoms with Crippen LogP contribution in [0.2, 0.25) is 0 Å². The minimum Gasteiger partial charge on any atom is -0.498 e. The van der Waals surface area contributed by atoms with E-state index in [2.05, 4.69) is 4.98 Å². The molecule has 1 N–H and O–H groups in total. The number of aromatic nitrogens is 1. The fourth-order valence-electron chi connectivity index (χ4n) is 0.785. The molecule has 0 aliphatic heterocycles. The summed E-state index contributed by atoms with van der Waals surface area (Å²) < 4.78 is 0. The molecule has 0 amide bonds. The summed E-state index contributed by atoms with van der Waals surface area (Å²) in [6, 6.07) is 1.99. The first-order chi connectivity index (χ1) is 5.36. The van der Waals surface area contributed by atoms with Crippen LogP contribution in [0.15, 0.2) is 23.0 Å². The first-order valence-corrected chi connectivity index (χ1v) is 4.79. The molecule has 4 heteroatoms. The van der Waals surface area contributed by atoms with Crippen molar-refractivity contribution < 1.29 is 5.11 Å². The van der Waals surface area contributed by atoms with E-state index in [9.17, 15) is 0 Å². The average molecular weight is 183 g/mol. The molecule has 2 nitrogen and oxygen atoms in total. The lowest BCUT2D eigenvalue weighted by Crippen LogP contribution is -1.65. The maximum atomic E-state index is 9.01. The van der Waals surface area contributed by atoms with E-state index in [0.29, 0.717) is 0 Å². The lowest BCUT2D eigenvalue weighted by Gasteiger charge is -1.83. The first kappa shape index (κ1) is 6.82. The molecule has 0 bridgehead atoms. The Morgan fingerprint density at radius 1 is 1.45 bits per heavy atom. The quantitative estimate of drug-likeness (QED) is 0.737. The van der Waals surface area contributed by atoms with Gasteiger partial charge in [0.25, 0.3) is 0 Å². The summed E-state index contributed by atoms with van der Waals surface area (Å²) in [7, 11) is 0. The topological polar surface area (TPSA) is 33.1 Å². The molecule has 0 atom stereocenters. The summed E-state index contributed by atoms with van der Waals surface area (Å²) in [5.41, 5.74) is 1.08. The Balaban J connectivity index is 2.45. The van der Waals surface area contributed by atoms with Gasteiger partial charge in [0.1, 0.15) is 5.01 Å². The Bertz CT molecular complexity index is 339. The molecule has 2 aromatic heterocycles. The van der Waals surface area contributed by atoms with Gasteiger partial charge in [0, 0.05) is 10.9 Å². The molecule has 2 aromatic rings. The van der Waals surface area contributed by atoms with Crippen LogP contribution < -0.4 is 0 Å². The summed E-state index contributed by atoms with van der Waals surface area (Å²) in [4.78, 5) is 4.03. The highest BCUT2D eigenvalue weighted by Crippen LogP contribution is 2.29. The zero-order valence-electron chi connectivity index (χ0n) is 5.52. The Labute approximate surface area is 71.8 Å². The van der Waals surface area contributed by atoms with Gasteiger partial charge < -0.3 is 5.11 Å². The molecular weight excluding hydrogens is 178 g/mol. The number of thiophene rings is 1. The molecular formula is C7H5NOS2. The highest BCUT2D eigenvalue weighted by Gasteiger charge is 2.02. The summed E-state index contributed by atoms with van der Waals surface area (Å²) in [6.45, 7) is 0. The van der Waals surface area contributed by atoms with Gasteiger partial charge in [-0.3, -0.25) is 0 Å². The smallest absolute Gasteiger partial charge is 0.192 e. The molecule has 0 saturated heterocycles. The van der Waals surface area contributed by atoms with Gasteiger partial charge in [-0.2, -0.15) is 11.3 Å². The third-order valence-corrected chi connectivity index (χ3v) is 2.79. The van der Waals surface area contributed by atoms with E-state index in [1.54, 1.807) is 11.3 Å². The van der Waals surface area contributed by atoms with E-state index < -0.39 is 0 Å². The van der Waals surface area contributed by atoms with E-state index >= 15 is 0 Å². The van der Waals surface area contributed by atoms with Crippen LogP contribution in [0.4, 0.5) is 0 Å². The van der Waals surface area contributed by atoms with Crippen LogP contribution in [0.1, 0.15) is 0 Å². The van der Waals surface area contributed by atoms with E-state index in [0.717, 1.165) is 10.6 Å². The minimum atomic E-state index is 0.270. The molecule has 0 spiro atoms. The molecule has 0 fully saturated rings. The van der Waals surface area contributed by atoms with Gasteiger partial charge in [-0.25, -0.2) is 4.98 Å². The molecule has 0 aliphatic carbocycles. The van der Waals surface area contributed by atoms with Crippen LogP contribution >= 0.6 is 22.7 Å². The summed E-state index contributed by atoms with van der Waals surface area (Å²) in [5.74, 6) is 0. The molecule has 56 valence electrons. The van der Waals surface area contributed by atoms with Gasteiger partial charge in [-0.05, 0) is 11.4 Å². The van der Waals surface area contributed by atoms with E-state index in [-0.39, 0.29) is 5.06 Å². The number of hydrogen-bond acceptors (Lipinski definition) is 4. The number of aromatic hydroxyl groups is 1. The van der Waals surface area contributed by atoms with Gasteiger partial charge in [0.2, 0.25) is 0 Å². The predicted octanol–water partition coefficient (Wildman–Crippen LogP) is 2.58. The van der Waals surface area contributed by atoms with E-state index in [1.165, 1.54) is 17.5 Å². The second kappa shape index (κ2) is 2.64. The highest BCUT2D eigenvalue weighted by atomic mass is 32.1. The van der Waals surface area contributed by atoms with Crippen molar-refractivity contribution in [2.75, 3.05) is 0 Å². The Kier molecular flexibility index (Phi) is 1.63. The number of rotatable bonds is 1. The largest absolute Gasteiger partial charge is 0.498 e. The van der Waals surface area contributed by atoms with Crippen molar-refractivity contribution >= 4 is 22.7 Å². The van der Waals surface area contributed by atoms with Crippen LogP contribution in [-0.4, -0.2) is 10.1 Å². The Hall–Kier alpha value is -0.870. The standard InChI is InChI=1S/C7H5NOS2/c9-6-3-8-7(11-6)5-1-2-10-4-5/h1-4,9H. The van der Waals surface area contributed by atoms with Crippen molar-refractivity contribution in [1.82, 2.24) is 4.98 Å². The zero-order chi connectivity index (χ0) is 7.68. The summed E-state index contributed by atoms with van der Waals surface area (Å²) in [6.07, 6.45) is 1.47. The van der Waals surface area contributed by atoms with Gasteiger partial charge in [-0.15, -0.1) is 0 Å². The second-order valence-corrected chi connectivity index (χ2v) is 3.80. The fraction of sp³-hybridized carbons (Fsp3) is 0. The molecule has 2 heterocycles. The van der Waals surface area contributed by atoms with Crippen LogP contribution in [0.5, 0.6) is 5.06 Å². The van der Waals surface area contributed by atoms with Crippen molar-refractivity contribution in [1.29, 1.82) is 0 Å². The number of hydrogen-bond donors (Lipinski definition) is 1. The minimum absolute atomic E-state index is 0.270. The van der Waals surface area contributed by atoms with Crippen molar-refractivity contribution in [3.05, 3.63) is 23.0 Å². The third kappa shape index (κ3) is 1.27. The lowest BCUT2D eigenvalue weighted by atomic mass is 10.4. The maximum Gasteiger partial charge on any atom is 0.192 e. The van der Waals surface area contributed by atoms with E-state index in [1.807, 2.05) is 16.8 Å². The van der Waals surface area contributed by atoms with Crippen molar-refractivity contribution in [3.63, 3.8) is 0 Å². The molecule has 0 unspecified atom stereocenters. The molecule has 0 saturated carbocycles. The Morgan fingerprint density at radius 2 is 2.36 bits per heavy atom. The number of thiazole rings is 1. The molecule has 0 radical (unpaired) electrons. The first-order valence-electron chi connectivity index (χ1n) is 3.03. The molecule has 0 aliphatic rings. The molecule has 11 heavy (non-hydrogen) atoms.